The van der Waals surface area contributed by atoms with Crippen LogP contribution in [0.2, 0.25) is 0 Å². The molecule has 0 saturated carbocycles. The number of pyridine rings is 1. The molecule has 60 valence electrons. The summed E-state index contributed by atoms with van der Waals surface area (Å²) in [5.74, 6) is 0.601. The van der Waals surface area contributed by atoms with Crippen molar-refractivity contribution in [2.24, 2.45) is 0 Å². The Morgan fingerprint density at radius 3 is 2.82 bits per heavy atom. The number of ether oxygens (including phenoxy) is 1. The molecule has 4 heteroatoms. The maximum atomic E-state index is 5.62. The molecule has 1 aromatic rings. The number of hydrogen-bond acceptors (Lipinski definition) is 4. The highest BCUT2D eigenvalue weighted by molar-refractivity contribution is 7.98. The summed E-state index contributed by atoms with van der Waals surface area (Å²) in [4.78, 5) is 4.12. The first kappa shape index (κ1) is 8.20. The first-order chi connectivity index (χ1) is 5.27. The molecule has 2 N–H and O–H groups in total. The van der Waals surface area contributed by atoms with E-state index in [4.69, 9.17) is 10.5 Å². The minimum absolute atomic E-state index is 0.601. The lowest BCUT2D eigenvalue weighted by Gasteiger charge is -2.02. The molecule has 3 nitrogen and oxygen atoms in total. The molecule has 0 aliphatic rings. The van der Waals surface area contributed by atoms with Gasteiger partial charge in [-0.25, -0.2) is 4.98 Å². The van der Waals surface area contributed by atoms with E-state index in [-0.39, 0.29) is 0 Å². The Bertz CT molecular complexity index is 252. The van der Waals surface area contributed by atoms with E-state index >= 15 is 0 Å². The molecule has 0 aliphatic carbocycles. The van der Waals surface area contributed by atoms with Crippen molar-refractivity contribution in [3.8, 4) is 5.88 Å². The van der Waals surface area contributed by atoms with Gasteiger partial charge in [0.05, 0.1) is 12.8 Å². The number of nitrogens with zero attached hydrogens (tertiary/aromatic N) is 1. The Labute approximate surface area is 70.0 Å². The Hall–Kier alpha value is -0.900. The topological polar surface area (TPSA) is 48.1 Å². The van der Waals surface area contributed by atoms with Gasteiger partial charge >= 0.3 is 0 Å². The Morgan fingerprint density at radius 1 is 1.55 bits per heavy atom. The molecule has 0 amide bonds. The third-order valence-corrected chi connectivity index (χ3v) is 1.98. The second-order valence-corrected chi connectivity index (χ2v) is 2.75. The minimum Gasteiger partial charge on any atom is -0.481 e. The largest absolute Gasteiger partial charge is 0.481 e. The van der Waals surface area contributed by atoms with Crippen molar-refractivity contribution in [2.45, 2.75) is 5.03 Å². The molecule has 1 aromatic heterocycles. The van der Waals surface area contributed by atoms with Gasteiger partial charge in [-0.3, -0.25) is 0 Å². The highest BCUT2D eigenvalue weighted by Crippen LogP contribution is 2.22. The van der Waals surface area contributed by atoms with Crippen LogP contribution in [-0.2, 0) is 0 Å². The van der Waals surface area contributed by atoms with Crippen molar-refractivity contribution in [3.63, 3.8) is 0 Å². The molecular weight excluding hydrogens is 160 g/mol. The molecule has 0 unspecified atom stereocenters. The number of methoxy groups -OCH3 is 1. The average Bonchev–Trinajstić information content (AvgIpc) is 2.05. The van der Waals surface area contributed by atoms with Crippen molar-refractivity contribution >= 4 is 17.4 Å². The second kappa shape index (κ2) is 3.48. The van der Waals surface area contributed by atoms with Crippen LogP contribution in [0, 0.1) is 0 Å². The van der Waals surface area contributed by atoms with Gasteiger partial charge in [-0.1, -0.05) is 0 Å². The van der Waals surface area contributed by atoms with E-state index in [1.807, 2.05) is 6.26 Å². The van der Waals surface area contributed by atoms with Crippen molar-refractivity contribution in [3.05, 3.63) is 12.1 Å². The van der Waals surface area contributed by atoms with Crippen LogP contribution >= 0.6 is 11.8 Å². The third kappa shape index (κ3) is 1.77. The highest BCUT2D eigenvalue weighted by atomic mass is 32.2. The molecule has 11 heavy (non-hydrogen) atoms. The Kier molecular flexibility index (Phi) is 2.59. The SMILES string of the molecule is COc1ccc(N)c(SC)n1. The van der Waals surface area contributed by atoms with Crippen LogP contribution in [0.15, 0.2) is 17.2 Å². The smallest absolute Gasteiger partial charge is 0.214 e. The van der Waals surface area contributed by atoms with Gasteiger partial charge in [-0.05, 0) is 12.3 Å². The number of aromatic nitrogens is 1. The first-order valence-corrected chi connectivity index (χ1v) is 4.35. The van der Waals surface area contributed by atoms with Gasteiger partial charge in [0.25, 0.3) is 0 Å². The summed E-state index contributed by atoms with van der Waals surface area (Å²) in [6.07, 6.45) is 1.93. The van der Waals surface area contributed by atoms with Crippen molar-refractivity contribution < 1.29 is 4.74 Å². The maximum absolute atomic E-state index is 5.62. The summed E-state index contributed by atoms with van der Waals surface area (Å²) in [5.41, 5.74) is 6.31. The van der Waals surface area contributed by atoms with Gasteiger partial charge in [-0.2, -0.15) is 0 Å². The lowest BCUT2D eigenvalue weighted by Crippen LogP contribution is -1.93. The molecular formula is C7H10N2OS. The van der Waals surface area contributed by atoms with Crippen LogP contribution in [0.4, 0.5) is 5.69 Å². The first-order valence-electron chi connectivity index (χ1n) is 3.12. The molecule has 0 radical (unpaired) electrons. The van der Waals surface area contributed by atoms with E-state index in [0.717, 1.165) is 5.03 Å². The molecule has 0 saturated heterocycles. The summed E-state index contributed by atoms with van der Waals surface area (Å²) >= 11 is 1.51. The highest BCUT2D eigenvalue weighted by Gasteiger charge is 2.00. The summed E-state index contributed by atoms with van der Waals surface area (Å²) in [6, 6.07) is 3.53. The van der Waals surface area contributed by atoms with E-state index in [0.29, 0.717) is 11.6 Å². The summed E-state index contributed by atoms with van der Waals surface area (Å²) < 4.78 is 4.93. The number of anilines is 1. The fourth-order valence-electron chi connectivity index (χ4n) is 0.711. The summed E-state index contributed by atoms with van der Waals surface area (Å²) in [7, 11) is 1.59. The lowest BCUT2D eigenvalue weighted by molar-refractivity contribution is 0.395. The number of rotatable bonds is 2. The quantitative estimate of drug-likeness (QED) is 0.681. The minimum atomic E-state index is 0.601. The molecule has 1 heterocycles. The van der Waals surface area contributed by atoms with E-state index < -0.39 is 0 Å². The van der Waals surface area contributed by atoms with Crippen LogP contribution < -0.4 is 10.5 Å². The standard InChI is InChI=1S/C7H10N2OS/c1-10-6-4-3-5(8)7(9-6)11-2/h3-4H,8H2,1-2H3. The van der Waals surface area contributed by atoms with Gasteiger partial charge in [0.15, 0.2) is 0 Å². The number of nitrogen functional groups attached to an aromatic ring is 1. The maximum Gasteiger partial charge on any atom is 0.214 e. The Morgan fingerprint density at radius 2 is 2.27 bits per heavy atom. The van der Waals surface area contributed by atoms with Crippen molar-refractivity contribution in [1.29, 1.82) is 0 Å². The average molecular weight is 170 g/mol. The van der Waals surface area contributed by atoms with E-state index in [1.54, 1.807) is 19.2 Å². The zero-order valence-electron chi connectivity index (χ0n) is 6.50. The molecule has 0 fully saturated rings. The van der Waals surface area contributed by atoms with E-state index in [9.17, 15) is 0 Å². The van der Waals surface area contributed by atoms with E-state index in [1.165, 1.54) is 11.8 Å². The van der Waals surface area contributed by atoms with Gasteiger partial charge in [0, 0.05) is 6.07 Å². The number of hydrogen-bond donors (Lipinski definition) is 1. The molecule has 0 atom stereocenters. The van der Waals surface area contributed by atoms with Crippen molar-refractivity contribution in [2.75, 3.05) is 19.1 Å². The molecule has 0 spiro atoms. The van der Waals surface area contributed by atoms with Gasteiger partial charge in [0.2, 0.25) is 5.88 Å². The normalized spacial score (nSPS) is 9.64. The third-order valence-electron chi connectivity index (χ3n) is 1.27. The van der Waals surface area contributed by atoms with Crippen LogP contribution in [0.1, 0.15) is 0 Å². The van der Waals surface area contributed by atoms with Crippen LogP contribution in [0.25, 0.3) is 0 Å². The second-order valence-electron chi connectivity index (χ2n) is 1.95. The molecule has 0 aromatic carbocycles. The number of thioether (sulfide) groups is 1. The lowest BCUT2D eigenvalue weighted by atomic mass is 10.4. The van der Waals surface area contributed by atoms with Crippen LogP contribution in [-0.4, -0.2) is 18.3 Å². The Balaban J connectivity index is 3.02. The van der Waals surface area contributed by atoms with Crippen LogP contribution in [0.5, 0.6) is 5.88 Å². The zero-order chi connectivity index (χ0) is 8.27. The fourth-order valence-corrected chi connectivity index (χ4v) is 1.20. The monoisotopic (exact) mass is 170 g/mol. The molecule has 0 aliphatic heterocycles. The summed E-state index contributed by atoms with van der Waals surface area (Å²) in [6.45, 7) is 0. The van der Waals surface area contributed by atoms with E-state index in [2.05, 4.69) is 4.98 Å². The van der Waals surface area contributed by atoms with Crippen LogP contribution in [0.3, 0.4) is 0 Å². The van der Waals surface area contributed by atoms with Gasteiger partial charge in [0.1, 0.15) is 5.03 Å². The van der Waals surface area contributed by atoms with Crippen molar-refractivity contribution in [1.82, 2.24) is 4.98 Å². The predicted octanol–water partition coefficient (Wildman–Crippen LogP) is 1.39. The fraction of sp³-hybridized carbons (Fsp3) is 0.286. The predicted molar refractivity (Wildman–Crippen MR) is 47.0 cm³/mol. The molecule has 1 rings (SSSR count). The molecule has 0 bridgehead atoms. The van der Waals surface area contributed by atoms with Gasteiger partial charge in [-0.15, -0.1) is 11.8 Å². The number of nitrogens with two attached hydrogens (primary N) is 1. The summed E-state index contributed by atoms with van der Waals surface area (Å²) in [5, 5.41) is 0.810. The van der Waals surface area contributed by atoms with Gasteiger partial charge < -0.3 is 10.5 Å². The zero-order valence-corrected chi connectivity index (χ0v) is 7.31.